The van der Waals surface area contributed by atoms with Crippen LogP contribution in [0.1, 0.15) is 15.9 Å². The van der Waals surface area contributed by atoms with Crippen molar-refractivity contribution in [1.82, 2.24) is 20.2 Å². The van der Waals surface area contributed by atoms with Gasteiger partial charge in [-0.1, -0.05) is 10.5 Å². The molecule has 0 unspecified atom stereocenters. The van der Waals surface area contributed by atoms with Crippen LogP contribution < -0.4 is 21.5 Å². The van der Waals surface area contributed by atoms with Crippen LogP contribution in [0.5, 0.6) is 11.5 Å². The summed E-state index contributed by atoms with van der Waals surface area (Å²) in [7, 11) is 1.25. The number of carbonyl (C=O) groups is 1. The summed E-state index contributed by atoms with van der Waals surface area (Å²) in [5.74, 6) is -5.35. The van der Waals surface area contributed by atoms with Gasteiger partial charge in [0.05, 0.1) is 20.3 Å². The molecule has 1 aliphatic heterocycles. The second-order valence-electron chi connectivity index (χ2n) is 7.28. The number of rotatable bonds is 7. The van der Waals surface area contributed by atoms with E-state index in [0.29, 0.717) is 11.7 Å². The van der Waals surface area contributed by atoms with Crippen molar-refractivity contribution in [3.05, 3.63) is 56.4 Å². The predicted octanol–water partition coefficient (Wildman–Crippen LogP) is -3.20. The molecule has 0 bridgehead atoms. The third-order valence-corrected chi connectivity index (χ3v) is 5.31. The first-order valence-corrected chi connectivity index (χ1v) is 9.45. The van der Waals surface area contributed by atoms with E-state index in [1.54, 1.807) is 4.98 Å². The first-order valence-electron chi connectivity index (χ1n) is 9.45. The number of phenolic OH excluding ortho intramolecular Hbond substituents is 1. The Kier molecular flexibility index (Phi) is 6.76. The Morgan fingerprint density at radius 2 is 2.06 bits per heavy atom. The standard InChI is InChI=1S/C18H21FN4O11/c1-33-11-4-8(2-3-10(11)25)5-23(32)17(30)13(26)12(7-24)34-18(17,31)22-6-9(15(28)21-19)14(27)20-16(22)29/h2-4,6,12-13,24-26,30-32H,5,7H2,1H3,(H,21,28)(H,20,27,29)/t12-,13-,17-,18-/m1/s1. The maximum Gasteiger partial charge on any atom is 0.332 e. The van der Waals surface area contributed by atoms with E-state index >= 15 is 0 Å². The van der Waals surface area contributed by atoms with Gasteiger partial charge < -0.3 is 40.2 Å². The van der Waals surface area contributed by atoms with Gasteiger partial charge in [0, 0.05) is 6.20 Å². The molecular weight excluding hydrogens is 467 g/mol. The lowest BCUT2D eigenvalue weighted by Gasteiger charge is -2.42. The fourth-order valence-electron chi connectivity index (χ4n) is 3.53. The van der Waals surface area contributed by atoms with Gasteiger partial charge in [-0.05, 0) is 17.7 Å². The maximum atomic E-state index is 12.6. The molecule has 0 saturated carbocycles. The summed E-state index contributed by atoms with van der Waals surface area (Å²) < 4.78 is 22.7. The number of H-pyrrole nitrogens is 1. The number of nitrogens with one attached hydrogen (secondary N) is 2. The normalized spacial score (nSPS) is 26.6. The summed E-state index contributed by atoms with van der Waals surface area (Å²) in [5, 5.41) is 62.9. The van der Waals surface area contributed by atoms with E-state index in [1.807, 2.05) is 0 Å². The minimum atomic E-state index is -3.44. The van der Waals surface area contributed by atoms with Crippen molar-refractivity contribution >= 4 is 5.91 Å². The molecule has 186 valence electrons. The second kappa shape index (κ2) is 9.11. The minimum absolute atomic E-state index is 0.0247. The molecule has 1 saturated heterocycles. The molecule has 1 aromatic carbocycles. The Balaban J connectivity index is 2.15. The number of aliphatic hydroxyl groups is 4. The van der Waals surface area contributed by atoms with Gasteiger partial charge in [-0.25, -0.2) is 9.36 Å². The van der Waals surface area contributed by atoms with Crippen LogP contribution in [0.4, 0.5) is 4.48 Å². The Labute approximate surface area is 188 Å². The van der Waals surface area contributed by atoms with Gasteiger partial charge in [0.1, 0.15) is 17.8 Å². The number of aromatic hydroxyl groups is 1. The fraction of sp³-hybridized carbons (Fsp3) is 0.389. The number of nitrogens with zero attached hydrogens (tertiary/aromatic N) is 2. The van der Waals surface area contributed by atoms with Gasteiger partial charge in [0.2, 0.25) is 5.72 Å². The number of hydrogen-bond acceptors (Lipinski definition) is 12. The lowest BCUT2D eigenvalue weighted by molar-refractivity contribution is -0.413. The van der Waals surface area contributed by atoms with Crippen molar-refractivity contribution in [2.24, 2.45) is 0 Å². The largest absolute Gasteiger partial charge is 0.504 e. The molecule has 0 aliphatic carbocycles. The van der Waals surface area contributed by atoms with Gasteiger partial charge in [-0.3, -0.25) is 14.6 Å². The highest BCUT2D eigenvalue weighted by Crippen LogP contribution is 2.43. The van der Waals surface area contributed by atoms with Crippen LogP contribution in [0, 0.1) is 0 Å². The van der Waals surface area contributed by atoms with E-state index in [1.165, 1.54) is 25.3 Å². The van der Waals surface area contributed by atoms with Crippen LogP contribution in [-0.2, 0) is 17.2 Å². The first kappa shape index (κ1) is 25.2. The highest BCUT2D eigenvalue weighted by atomic mass is 19.2. The molecule has 1 aliphatic rings. The molecule has 1 aromatic heterocycles. The van der Waals surface area contributed by atoms with E-state index in [2.05, 4.69) is 0 Å². The lowest BCUT2D eigenvalue weighted by Crippen LogP contribution is -2.68. The topological polar surface area (TPSA) is 227 Å². The summed E-state index contributed by atoms with van der Waals surface area (Å²) in [6.45, 7) is -1.72. The molecule has 34 heavy (non-hydrogen) atoms. The number of ether oxygens (including phenoxy) is 2. The SMILES string of the molecule is COc1cc(CN(O)[C@@]2(O)[C@H](O)[C@@H](CO)O[C@@]2(O)n2cc(C(=O)NF)c(=O)[nH]c2=O)ccc1O. The molecule has 2 heterocycles. The van der Waals surface area contributed by atoms with E-state index in [4.69, 9.17) is 9.47 Å². The highest BCUT2D eigenvalue weighted by Gasteiger charge is 2.70. The smallest absolute Gasteiger partial charge is 0.332 e. The third-order valence-electron chi connectivity index (χ3n) is 5.31. The molecule has 8 N–H and O–H groups in total. The van der Waals surface area contributed by atoms with E-state index in [-0.39, 0.29) is 26.7 Å². The maximum absolute atomic E-state index is 12.6. The van der Waals surface area contributed by atoms with Crippen molar-refractivity contribution in [1.29, 1.82) is 0 Å². The molecule has 2 aromatic rings. The number of aromatic amines is 1. The van der Waals surface area contributed by atoms with Gasteiger partial charge in [-0.15, -0.1) is 5.06 Å². The van der Waals surface area contributed by atoms with Gasteiger partial charge in [0.25, 0.3) is 11.5 Å². The number of amides is 1. The summed E-state index contributed by atoms with van der Waals surface area (Å²) in [5.41, 5.74) is -6.42. The number of aliphatic hydroxyl groups excluding tert-OH is 2. The van der Waals surface area contributed by atoms with Crippen LogP contribution in [0.3, 0.4) is 0 Å². The van der Waals surface area contributed by atoms with Crippen molar-refractivity contribution in [3.63, 3.8) is 0 Å². The van der Waals surface area contributed by atoms with Crippen LogP contribution in [0.2, 0.25) is 0 Å². The van der Waals surface area contributed by atoms with Crippen molar-refractivity contribution < 1.29 is 49.5 Å². The molecule has 0 spiro atoms. The Hall–Kier alpha value is -3.38. The number of halogens is 1. The number of benzene rings is 1. The monoisotopic (exact) mass is 488 g/mol. The molecule has 4 atom stereocenters. The predicted molar refractivity (Wildman–Crippen MR) is 105 cm³/mol. The number of carbonyl (C=O) groups excluding carboxylic acids is 1. The number of aromatic nitrogens is 2. The van der Waals surface area contributed by atoms with E-state index in [9.17, 15) is 49.6 Å². The Bertz CT molecular complexity index is 1200. The zero-order valence-corrected chi connectivity index (χ0v) is 17.4. The van der Waals surface area contributed by atoms with Crippen LogP contribution >= 0.6 is 0 Å². The second-order valence-corrected chi connectivity index (χ2v) is 7.28. The van der Waals surface area contributed by atoms with Crippen LogP contribution in [0.25, 0.3) is 0 Å². The average molecular weight is 488 g/mol. The molecule has 0 radical (unpaired) electrons. The third kappa shape index (κ3) is 3.82. The summed E-state index contributed by atoms with van der Waals surface area (Å²) in [6, 6.07) is 3.71. The van der Waals surface area contributed by atoms with Gasteiger partial charge in [0.15, 0.2) is 11.5 Å². The molecule has 1 amide bonds. The number of hydrogen-bond donors (Lipinski definition) is 8. The molecule has 3 rings (SSSR count). The van der Waals surface area contributed by atoms with E-state index in [0.717, 1.165) is 0 Å². The fourth-order valence-corrected chi connectivity index (χ4v) is 3.53. The van der Waals surface area contributed by atoms with Crippen molar-refractivity contribution in [2.75, 3.05) is 13.7 Å². The highest BCUT2D eigenvalue weighted by molar-refractivity contribution is 5.92. The summed E-state index contributed by atoms with van der Waals surface area (Å²) in [4.78, 5) is 37.5. The van der Waals surface area contributed by atoms with E-state index < -0.39 is 59.7 Å². The molecule has 16 heteroatoms. The molecular formula is C18H21FN4O11. The number of methoxy groups -OCH3 is 1. The van der Waals surface area contributed by atoms with Gasteiger partial charge >= 0.3 is 11.6 Å². The first-order chi connectivity index (χ1) is 15.9. The zero-order chi connectivity index (χ0) is 25.4. The summed E-state index contributed by atoms with van der Waals surface area (Å²) in [6.07, 6.45) is -3.76. The van der Waals surface area contributed by atoms with Crippen molar-refractivity contribution in [2.45, 2.75) is 30.4 Å². The van der Waals surface area contributed by atoms with Crippen LogP contribution in [-0.4, -0.2) is 82.9 Å². The molecule has 1 fully saturated rings. The zero-order valence-electron chi connectivity index (χ0n) is 17.4. The summed E-state index contributed by atoms with van der Waals surface area (Å²) >= 11 is 0. The minimum Gasteiger partial charge on any atom is -0.504 e. The number of phenols is 1. The molecule has 15 nitrogen and oxygen atoms in total. The van der Waals surface area contributed by atoms with Crippen molar-refractivity contribution in [3.8, 4) is 11.5 Å². The number of hydroxylamine groups is 2. The lowest BCUT2D eigenvalue weighted by atomic mass is 10.00. The Morgan fingerprint density at radius 3 is 2.65 bits per heavy atom. The average Bonchev–Trinajstić information content (AvgIpc) is 3.01. The van der Waals surface area contributed by atoms with Crippen LogP contribution in [0.15, 0.2) is 34.0 Å². The van der Waals surface area contributed by atoms with Gasteiger partial charge in [-0.2, -0.15) is 5.54 Å². The quantitative estimate of drug-likeness (QED) is 0.109. The Morgan fingerprint density at radius 1 is 1.38 bits per heavy atom.